The molecule has 0 fully saturated rings. The maximum Gasteiger partial charge on any atom is 0.416 e. The Hall–Kier alpha value is -2.17. The SMILES string of the molecule is O=C(Cc1ccncc1)c1ccc(C(F)(F)F)cc1. The minimum absolute atomic E-state index is 0.147. The number of rotatable bonds is 3. The first-order chi connectivity index (χ1) is 8.97. The number of pyridine rings is 1. The number of Topliss-reactive ketones (excluding diaryl/α,β-unsaturated/α-hetero) is 1. The van der Waals surface area contributed by atoms with Crippen LogP contribution < -0.4 is 0 Å². The second-order valence-corrected chi connectivity index (χ2v) is 4.03. The Kier molecular flexibility index (Phi) is 3.64. The number of halogens is 3. The fourth-order valence-corrected chi connectivity index (χ4v) is 1.63. The number of benzene rings is 1. The van der Waals surface area contributed by atoms with Crippen molar-refractivity contribution in [2.45, 2.75) is 12.6 Å². The Bertz CT molecular complexity index is 561. The molecule has 1 heterocycles. The third-order valence-electron chi connectivity index (χ3n) is 2.65. The van der Waals surface area contributed by atoms with Crippen LogP contribution in [0.4, 0.5) is 13.2 Å². The number of alkyl halides is 3. The zero-order valence-corrected chi connectivity index (χ0v) is 9.82. The van der Waals surface area contributed by atoms with Crippen LogP contribution in [0.2, 0.25) is 0 Å². The van der Waals surface area contributed by atoms with Crippen molar-refractivity contribution in [1.29, 1.82) is 0 Å². The van der Waals surface area contributed by atoms with Crippen molar-refractivity contribution >= 4 is 5.78 Å². The lowest BCUT2D eigenvalue weighted by Crippen LogP contribution is -2.07. The average molecular weight is 265 g/mol. The highest BCUT2D eigenvalue weighted by Crippen LogP contribution is 2.29. The molecule has 2 rings (SSSR count). The molecule has 0 aliphatic heterocycles. The lowest BCUT2D eigenvalue weighted by Gasteiger charge is -2.07. The van der Waals surface area contributed by atoms with Gasteiger partial charge in [0.2, 0.25) is 0 Å². The highest BCUT2D eigenvalue weighted by atomic mass is 19.4. The van der Waals surface area contributed by atoms with Crippen molar-refractivity contribution in [2.24, 2.45) is 0 Å². The molecule has 2 aromatic rings. The fourth-order valence-electron chi connectivity index (χ4n) is 1.63. The van der Waals surface area contributed by atoms with E-state index in [1.807, 2.05) is 0 Å². The van der Waals surface area contributed by atoms with Gasteiger partial charge in [-0.15, -0.1) is 0 Å². The molecule has 0 bridgehead atoms. The number of ketones is 1. The molecule has 1 aromatic heterocycles. The minimum Gasteiger partial charge on any atom is -0.294 e. The van der Waals surface area contributed by atoms with Crippen LogP contribution in [0.3, 0.4) is 0 Å². The summed E-state index contributed by atoms with van der Waals surface area (Å²) in [5.41, 5.74) is 0.290. The van der Waals surface area contributed by atoms with Crippen molar-refractivity contribution in [3.05, 3.63) is 65.5 Å². The predicted molar refractivity (Wildman–Crippen MR) is 63.7 cm³/mol. The fraction of sp³-hybridized carbons (Fsp3) is 0.143. The molecule has 19 heavy (non-hydrogen) atoms. The van der Waals surface area contributed by atoms with E-state index in [2.05, 4.69) is 4.98 Å². The second kappa shape index (κ2) is 5.22. The third kappa shape index (κ3) is 3.40. The van der Waals surface area contributed by atoms with Gasteiger partial charge in [0.05, 0.1) is 5.56 Å². The number of carbonyl (C=O) groups excluding carboxylic acids is 1. The zero-order valence-electron chi connectivity index (χ0n) is 9.82. The van der Waals surface area contributed by atoms with Gasteiger partial charge in [-0.2, -0.15) is 13.2 Å². The molecule has 0 aliphatic carbocycles. The molecule has 0 radical (unpaired) electrons. The molecular formula is C14H10F3NO. The van der Waals surface area contributed by atoms with E-state index >= 15 is 0 Å². The highest BCUT2D eigenvalue weighted by Gasteiger charge is 2.30. The Balaban J connectivity index is 2.12. The molecule has 0 saturated heterocycles. The number of hydrogen-bond donors (Lipinski definition) is 0. The van der Waals surface area contributed by atoms with Crippen LogP contribution >= 0.6 is 0 Å². The van der Waals surface area contributed by atoms with E-state index in [0.29, 0.717) is 0 Å². The van der Waals surface area contributed by atoms with Crippen molar-refractivity contribution in [2.75, 3.05) is 0 Å². The lowest BCUT2D eigenvalue weighted by molar-refractivity contribution is -0.137. The Morgan fingerprint density at radius 2 is 1.58 bits per heavy atom. The molecule has 0 aliphatic rings. The molecule has 0 amide bonds. The van der Waals surface area contributed by atoms with Crippen molar-refractivity contribution in [3.63, 3.8) is 0 Å². The average Bonchev–Trinajstić information content (AvgIpc) is 2.39. The Labute approximate surface area is 107 Å². The zero-order chi connectivity index (χ0) is 13.9. The van der Waals surface area contributed by atoms with Gasteiger partial charge < -0.3 is 0 Å². The molecule has 5 heteroatoms. The molecule has 2 nitrogen and oxygen atoms in total. The predicted octanol–water partition coefficient (Wildman–Crippen LogP) is 3.53. The molecule has 0 N–H and O–H groups in total. The highest BCUT2D eigenvalue weighted by molar-refractivity contribution is 5.97. The summed E-state index contributed by atoms with van der Waals surface area (Å²) in [5, 5.41) is 0. The van der Waals surface area contributed by atoms with E-state index in [1.165, 1.54) is 12.1 Å². The van der Waals surface area contributed by atoms with E-state index in [1.54, 1.807) is 24.5 Å². The van der Waals surface area contributed by atoms with Crippen LogP contribution in [0.15, 0.2) is 48.8 Å². The van der Waals surface area contributed by atoms with Crippen molar-refractivity contribution in [1.82, 2.24) is 4.98 Å². The van der Waals surface area contributed by atoms with Crippen LogP contribution in [0, 0.1) is 0 Å². The van der Waals surface area contributed by atoms with Gasteiger partial charge in [0.25, 0.3) is 0 Å². The van der Waals surface area contributed by atoms with Gasteiger partial charge in [-0.05, 0) is 29.8 Å². The van der Waals surface area contributed by atoms with E-state index < -0.39 is 11.7 Å². The van der Waals surface area contributed by atoms with E-state index in [0.717, 1.165) is 17.7 Å². The molecule has 0 atom stereocenters. The van der Waals surface area contributed by atoms with Gasteiger partial charge in [0, 0.05) is 24.4 Å². The van der Waals surface area contributed by atoms with Crippen LogP contribution in [0.5, 0.6) is 0 Å². The monoisotopic (exact) mass is 265 g/mol. The summed E-state index contributed by atoms with van der Waals surface area (Å²) in [4.78, 5) is 15.7. The van der Waals surface area contributed by atoms with Crippen LogP contribution in [-0.4, -0.2) is 10.8 Å². The quantitative estimate of drug-likeness (QED) is 0.795. The molecule has 0 saturated carbocycles. The molecule has 98 valence electrons. The van der Waals surface area contributed by atoms with Crippen molar-refractivity contribution in [3.8, 4) is 0 Å². The molecule has 1 aromatic carbocycles. The second-order valence-electron chi connectivity index (χ2n) is 4.03. The number of hydrogen-bond acceptors (Lipinski definition) is 2. The molecule has 0 spiro atoms. The van der Waals surface area contributed by atoms with Gasteiger partial charge in [-0.3, -0.25) is 9.78 Å². The number of aromatic nitrogens is 1. The summed E-state index contributed by atoms with van der Waals surface area (Å²) in [5.74, 6) is -0.222. The Morgan fingerprint density at radius 3 is 2.11 bits per heavy atom. The first-order valence-corrected chi connectivity index (χ1v) is 5.56. The van der Waals surface area contributed by atoms with Gasteiger partial charge in [0.1, 0.15) is 0 Å². The standard InChI is InChI=1S/C14H10F3NO/c15-14(16,17)12-3-1-11(2-4-12)13(19)9-10-5-7-18-8-6-10/h1-8H,9H2. The van der Waals surface area contributed by atoms with Crippen LogP contribution in [-0.2, 0) is 12.6 Å². The number of nitrogens with zero attached hydrogens (tertiary/aromatic N) is 1. The van der Waals surface area contributed by atoms with Gasteiger partial charge >= 0.3 is 6.18 Å². The summed E-state index contributed by atoms with van der Waals surface area (Å²) in [6.45, 7) is 0. The summed E-state index contributed by atoms with van der Waals surface area (Å²) < 4.78 is 37.1. The van der Waals surface area contributed by atoms with Gasteiger partial charge in [0.15, 0.2) is 5.78 Å². The maximum atomic E-state index is 12.4. The summed E-state index contributed by atoms with van der Waals surface area (Å²) in [7, 11) is 0. The largest absolute Gasteiger partial charge is 0.416 e. The number of carbonyl (C=O) groups is 1. The summed E-state index contributed by atoms with van der Waals surface area (Å²) in [6.07, 6.45) is -1.11. The van der Waals surface area contributed by atoms with E-state index in [4.69, 9.17) is 0 Å². The van der Waals surface area contributed by atoms with E-state index in [9.17, 15) is 18.0 Å². The van der Waals surface area contributed by atoms with Crippen LogP contribution in [0.25, 0.3) is 0 Å². The van der Waals surface area contributed by atoms with Gasteiger partial charge in [-0.25, -0.2) is 0 Å². The van der Waals surface area contributed by atoms with Crippen LogP contribution in [0.1, 0.15) is 21.5 Å². The normalized spacial score (nSPS) is 11.3. The topological polar surface area (TPSA) is 30.0 Å². The Morgan fingerprint density at radius 1 is 1.00 bits per heavy atom. The maximum absolute atomic E-state index is 12.4. The first-order valence-electron chi connectivity index (χ1n) is 5.56. The minimum atomic E-state index is -4.38. The van der Waals surface area contributed by atoms with Crippen molar-refractivity contribution < 1.29 is 18.0 Å². The molecular weight excluding hydrogens is 255 g/mol. The first kappa shape index (κ1) is 13.3. The molecule has 0 unspecified atom stereocenters. The smallest absolute Gasteiger partial charge is 0.294 e. The van der Waals surface area contributed by atoms with Gasteiger partial charge in [-0.1, -0.05) is 12.1 Å². The lowest BCUT2D eigenvalue weighted by atomic mass is 10.0. The van der Waals surface area contributed by atoms with E-state index in [-0.39, 0.29) is 17.8 Å². The summed E-state index contributed by atoms with van der Waals surface area (Å²) in [6, 6.07) is 7.63. The third-order valence-corrected chi connectivity index (χ3v) is 2.65. The summed E-state index contributed by atoms with van der Waals surface area (Å²) >= 11 is 0.